The molecule has 0 bridgehead atoms. The monoisotopic (exact) mass is 257 g/mol. The summed E-state index contributed by atoms with van der Waals surface area (Å²) in [6, 6.07) is 12.8. The summed E-state index contributed by atoms with van der Waals surface area (Å²) in [6.07, 6.45) is 0.876. The highest BCUT2D eigenvalue weighted by Crippen LogP contribution is 2.21. The van der Waals surface area contributed by atoms with Gasteiger partial charge in [0.05, 0.1) is 0 Å². The maximum Gasteiger partial charge on any atom is 0.115 e. The van der Waals surface area contributed by atoms with Gasteiger partial charge in [0, 0.05) is 11.7 Å². The number of anilines is 1. The summed E-state index contributed by atoms with van der Waals surface area (Å²) >= 11 is 0. The van der Waals surface area contributed by atoms with Gasteiger partial charge in [0.2, 0.25) is 0 Å². The third-order valence-corrected chi connectivity index (χ3v) is 3.09. The predicted molar refractivity (Wildman–Crippen MR) is 77.7 cm³/mol. The van der Waals surface area contributed by atoms with E-state index in [1.807, 2.05) is 25.1 Å². The van der Waals surface area contributed by atoms with Crippen LogP contribution in [0.5, 0.6) is 11.5 Å². The van der Waals surface area contributed by atoms with Gasteiger partial charge in [-0.1, -0.05) is 12.1 Å². The van der Waals surface area contributed by atoms with E-state index in [1.165, 1.54) is 5.56 Å². The number of phenols is 2. The zero-order chi connectivity index (χ0) is 13.8. The molecule has 0 aromatic heterocycles. The highest BCUT2D eigenvalue weighted by molar-refractivity contribution is 5.54. The van der Waals surface area contributed by atoms with Crippen LogP contribution < -0.4 is 5.32 Å². The second kappa shape index (κ2) is 5.65. The number of phenolic OH excluding ortho intramolecular Hbond substituents is 2. The number of rotatable bonds is 4. The van der Waals surface area contributed by atoms with E-state index in [1.54, 1.807) is 24.3 Å². The van der Waals surface area contributed by atoms with E-state index >= 15 is 0 Å². The van der Waals surface area contributed by atoms with Crippen molar-refractivity contribution in [2.75, 3.05) is 5.32 Å². The maximum absolute atomic E-state index is 9.38. The van der Waals surface area contributed by atoms with Crippen LogP contribution in [0.4, 0.5) is 5.69 Å². The molecule has 0 spiro atoms. The first-order valence-corrected chi connectivity index (χ1v) is 6.38. The van der Waals surface area contributed by atoms with E-state index in [9.17, 15) is 10.2 Å². The van der Waals surface area contributed by atoms with Crippen LogP contribution in [-0.2, 0) is 6.42 Å². The van der Waals surface area contributed by atoms with Crippen molar-refractivity contribution in [2.24, 2.45) is 0 Å². The van der Waals surface area contributed by atoms with Crippen molar-refractivity contribution in [1.29, 1.82) is 0 Å². The van der Waals surface area contributed by atoms with Crippen molar-refractivity contribution in [3.8, 4) is 11.5 Å². The summed E-state index contributed by atoms with van der Waals surface area (Å²) in [5.74, 6) is 0.577. The molecule has 1 unspecified atom stereocenters. The lowest BCUT2D eigenvalue weighted by molar-refractivity contribution is 0.474. The Labute approximate surface area is 113 Å². The molecule has 0 saturated carbocycles. The largest absolute Gasteiger partial charge is 0.508 e. The highest BCUT2D eigenvalue weighted by atomic mass is 16.3. The van der Waals surface area contributed by atoms with Crippen molar-refractivity contribution in [2.45, 2.75) is 26.3 Å². The van der Waals surface area contributed by atoms with Crippen LogP contribution in [0.2, 0.25) is 0 Å². The minimum absolute atomic E-state index is 0.271. The molecule has 0 amide bonds. The normalized spacial score (nSPS) is 12.1. The first-order valence-electron chi connectivity index (χ1n) is 6.38. The van der Waals surface area contributed by atoms with Crippen LogP contribution in [0, 0.1) is 6.92 Å². The van der Waals surface area contributed by atoms with Crippen molar-refractivity contribution in [3.63, 3.8) is 0 Å². The van der Waals surface area contributed by atoms with Crippen molar-refractivity contribution < 1.29 is 10.2 Å². The van der Waals surface area contributed by atoms with Gasteiger partial charge in [0.1, 0.15) is 11.5 Å². The van der Waals surface area contributed by atoms with Crippen molar-refractivity contribution in [1.82, 2.24) is 0 Å². The van der Waals surface area contributed by atoms with Gasteiger partial charge in [-0.3, -0.25) is 0 Å². The maximum atomic E-state index is 9.38. The standard InChI is InChI=1S/C16H19NO2/c1-11-9-15(19)7-8-16(11)17-12(2)10-13-3-5-14(18)6-4-13/h3-9,12,17-19H,10H2,1-2H3. The van der Waals surface area contributed by atoms with Gasteiger partial charge in [-0.2, -0.15) is 0 Å². The van der Waals surface area contributed by atoms with Crippen LogP contribution in [0.3, 0.4) is 0 Å². The van der Waals surface area contributed by atoms with Gasteiger partial charge in [0.15, 0.2) is 0 Å². The Kier molecular flexibility index (Phi) is 3.95. The van der Waals surface area contributed by atoms with E-state index in [2.05, 4.69) is 12.2 Å². The smallest absolute Gasteiger partial charge is 0.115 e. The molecule has 1 atom stereocenters. The first kappa shape index (κ1) is 13.3. The van der Waals surface area contributed by atoms with Gasteiger partial charge in [0.25, 0.3) is 0 Å². The Morgan fingerprint density at radius 1 is 1.00 bits per heavy atom. The van der Waals surface area contributed by atoms with Crippen LogP contribution in [-0.4, -0.2) is 16.3 Å². The number of benzene rings is 2. The molecule has 0 saturated heterocycles. The summed E-state index contributed by atoms with van der Waals surface area (Å²) in [7, 11) is 0. The van der Waals surface area contributed by atoms with Crippen LogP contribution in [0.1, 0.15) is 18.1 Å². The first-order chi connectivity index (χ1) is 9.04. The fourth-order valence-electron chi connectivity index (χ4n) is 2.11. The Hall–Kier alpha value is -2.16. The lowest BCUT2D eigenvalue weighted by atomic mass is 10.1. The van der Waals surface area contributed by atoms with Crippen LogP contribution >= 0.6 is 0 Å². The zero-order valence-corrected chi connectivity index (χ0v) is 11.2. The van der Waals surface area contributed by atoms with Gasteiger partial charge < -0.3 is 15.5 Å². The average molecular weight is 257 g/mol. The fourth-order valence-corrected chi connectivity index (χ4v) is 2.11. The third kappa shape index (κ3) is 3.65. The van der Waals surface area contributed by atoms with E-state index in [0.717, 1.165) is 17.7 Å². The molecular weight excluding hydrogens is 238 g/mol. The van der Waals surface area contributed by atoms with Gasteiger partial charge >= 0.3 is 0 Å². The Morgan fingerprint density at radius 2 is 1.63 bits per heavy atom. The van der Waals surface area contributed by atoms with Gasteiger partial charge in [-0.05, 0) is 61.7 Å². The van der Waals surface area contributed by atoms with Crippen molar-refractivity contribution in [3.05, 3.63) is 53.6 Å². The average Bonchev–Trinajstić information content (AvgIpc) is 2.36. The molecule has 0 aliphatic carbocycles. The number of nitrogens with one attached hydrogen (secondary N) is 1. The number of hydrogen-bond acceptors (Lipinski definition) is 3. The lowest BCUT2D eigenvalue weighted by Crippen LogP contribution is -2.18. The van der Waals surface area contributed by atoms with Gasteiger partial charge in [-0.15, -0.1) is 0 Å². The number of aromatic hydroxyl groups is 2. The Morgan fingerprint density at radius 3 is 2.26 bits per heavy atom. The molecule has 0 aliphatic rings. The molecule has 2 aromatic carbocycles. The van der Waals surface area contributed by atoms with E-state index < -0.39 is 0 Å². The molecule has 0 fully saturated rings. The summed E-state index contributed by atoms with van der Waals surface area (Å²) in [4.78, 5) is 0. The minimum Gasteiger partial charge on any atom is -0.508 e. The molecule has 3 N–H and O–H groups in total. The Balaban J connectivity index is 2.01. The van der Waals surface area contributed by atoms with Crippen molar-refractivity contribution >= 4 is 5.69 Å². The van der Waals surface area contributed by atoms with E-state index in [0.29, 0.717) is 5.75 Å². The predicted octanol–water partition coefficient (Wildman–Crippen LogP) is 3.45. The second-order valence-electron chi connectivity index (χ2n) is 4.92. The zero-order valence-electron chi connectivity index (χ0n) is 11.2. The molecule has 0 aliphatic heterocycles. The summed E-state index contributed by atoms with van der Waals surface area (Å²) in [5, 5.41) is 22.1. The lowest BCUT2D eigenvalue weighted by Gasteiger charge is -2.17. The van der Waals surface area contributed by atoms with Crippen LogP contribution in [0.25, 0.3) is 0 Å². The molecule has 2 aromatic rings. The second-order valence-corrected chi connectivity index (χ2v) is 4.92. The quantitative estimate of drug-likeness (QED) is 0.735. The fraction of sp³-hybridized carbons (Fsp3) is 0.250. The minimum atomic E-state index is 0.271. The van der Waals surface area contributed by atoms with E-state index in [-0.39, 0.29) is 11.8 Å². The number of hydrogen-bond donors (Lipinski definition) is 3. The van der Waals surface area contributed by atoms with Crippen LogP contribution in [0.15, 0.2) is 42.5 Å². The molecule has 19 heavy (non-hydrogen) atoms. The summed E-state index contributed by atoms with van der Waals surface area (Å²) in [5.41, 5.74) is 3.23. The summed E-state index contributed by atoms with van der Waals surface area (Å²) in [6.45, 7) is 4.08. The SMILES string of the molecule is Cc1cc(O)ccc1NC(C)Cc1ccc(O)cc1. The topological polar surface area (TPSA) is 52.5 Å². The molecule has 3 heteroatoms. The molecule has 0 radical (unpaired) electrons. The van der Waals surface area contributed by atoms with E-state index in [4.69, 9.17) is 0 Å². The highest BCUT2D eigenvalue weighted by Gasteiger charge is 2.06. The van der Waals surface area contributed by atoms with Gasteiger partial charge in [-0.25, -0.2) is 0 Å². The Bertz CT molecular complexity index is 549. The molecule has 0 heterocycles. The molecule has 3 nitrogen and oxygen atoms in total. The third-order valence-electron chi connectivity index (χ3n) is 3.09. The molecule has 2 rings (SSSR count). The number of aryl methyl sites for hydroxylation is 1. The summed E-state index contributed by atoms with van der Waals surface area (Å²) < 4.78 is 0. The molecular formula is C16H19NO2. The molecule has 100 valence electrons.